The zero-order valence-corrected chi connectivity index (χ0v) is 17.0. The molecule has 4 nitrogen and oxygen atoms in total. The summed E-state index contributed by atoms with van der Waals surface area (Å²) in [4.78, 5) is 12.1. The van der Waals surface area contributed by atoms with Crippen molar-refractivity contribution in [2.45, 2.75) is 40.0 Å². The molecule has 2 rings (SSSR count). The highest BCUT2D eigenvalue weighted by atomic mass is 79.9. The Balaban J connectivity index is 1.95. The van der Waals surface area contributed by atoms with Crippen molar-refractivity contribution in [3.8, 4) is 5.75 Å². The molecule has 134 valence electrons. The van der Waals surface area contributed by atoms with E-state index in [1.54, 1.807) is 0 Å². The molecule has 0 aliphatic heterocycles. The first-order valence-corrected chi connectivity index (χ1v) is 9.01. The first-order valence-electron chi connectivity index (χ1n) is 8.22. The van der Waals surface area contributed by atoms with Gasteiger partial charge in [0.15, 0.2) is 6.73 Å². The van der Waals surface area contributed by atoms with Gasteiger partial charge < -0.3 is 15.4 Å². The van der Waals surface area contributed by atoms with Crippen molar-refractivity contribution < 1.29 is 9.53 Å². The molecule has 0 saturated heterocycles. The molecule has 25 heavy (non-hydrogen) atoms. The van der Waals surface area contributed by atoms with Gasteiger partial charge >= 0.3 is 6.03 Å². The van der Waals surface area contributed by atoms with Crippen LogP contribution in [-0.4, -0.2) is 12.8 Å². The second-order valence-electron chi connectivity index (χ2n) is 7.13. The van der Waals surface area contributed by atoms with Crippen LogP contribution in [0.15, 0.2) is 40.9 Å². The molecule has 5 heteroatoms. The maximum Gasteiger partial charge on any atom is 0.321 e. The van der Waals surface area contributed by atoms with Crippen LogP contribution in [-0.2, 0) is 5.41 Å². The van der Waals surface area contributed by atoms with Crippen LogP contribution >= 0.6 is 15.9 Å². The number of ether oxygens (including phenoxy) is 1. The van der Waals surface area contributed by atoms with Crippen molar-refractivity contribution in [1.82, 2.24) is 5.32 Å². The predicted molar refractivity (Wildman–Crippen MR) is 106 cm³/mol. The van der Waals surface area contributed by atoms with Crippen molar-refractivity contribution in [1.29, 1.82) is 0 Å². The monoisotopic (exact) mass is 404 g/mol. The maximum atomic E-state index is 12.1. The molecule has 0 spiro atoms. The van der Waals surface area contributed by atoms with Crippen LogP contribution in [0.4, 0.5) is 10.5 Å². The minimum absolute atomic E-state index is 0.0296. The summed E-state index contributed by atoms with van der Waals surface area (Å²) in [6.07, 6.45) is 0. The lowest BCUT2D eigenvalue weighted by Gasteiger charge is -2.23. The van der Waals surface area contributed by atoms with Gasteiger partial charge in [-0.25, -0.2) is 4.79 Å². The third-order valence-corrected chi connectivity index (χ3v) is 4.33. The molecule has 0 atom stereocenters. The summed E-state index contributed by atoms with van der Waals surface area (Å²) in [5.41, 5.74) is 4.04. The van der Waals surface area contributed by atoms with Gasteiger partial charge in [-0.15, -0.1) is 0 Å². The first kappa shape index (κ1) is 19.3. The minimum atomic E-state index is -0.296. The molecule has 0 saturated carbocycles. The zero-order valence-electron chi connectivity index (χ0n) is 15.4. The van der Waals surface area contributed by atoms with Gasteiger partial charge in [0.25, 0.3) is 0 Å². The second kappa shape index (κ2) is 7.91. The van der Waals surface area contributed by atoms with Crippen molar-refractivity contribution in [2.24, 2.45) is 0 Å². The molecular formula is C20H25BrN2O2. The molecule has 0 fully saturated rings. The Bertz CT molecular complexity index is 767. The molecule has 2 aromatic rings. The van der Waals surface area contributed by atoms with E-state index in [2.05, 4.69) is 60.3 Å². The molecule has 0 aliphatic carbocycles. The van der Waals surface area contributed by atoms with Crippen LogP contribution in [0.2, 0.25) is 0 Å². The van der Waals surface area contributed by atoms with E-state index in [9.17, 15) is 4.79 Å². The fourth-order valence-corrected chi connectivity index (χ4v) is 2.94. The van der Waals surface area contributed by atoms with Gasteiger partial charge in [0.2, 0.25) is 0 Å². The lowest BCUT2D eigenvalue weighted by atomic mass is 9.85. The number of carbonyl (C=O) groups is 1. The van der Waals surface area contributed by atoms with Crippen LogP contribution < -0.4 is 15.4 Å². The number of hydrogen-bond acceptors (Lipinski definition) is 2. The Kier molecular flexibility index (Phi) is 6.11. The Hall–Kier alpha value is -2.01. The van der Waals surface area contributed by atoms with Crippen LogP contribution in [0.25, 0.3) is 0 Å². The molecular weight excluding hydrogens is 380 g/mol. The Morgan fingerprint density at radius 2 is 1.84 bits per heavy atom. The summed E-state index contributed by atoms with van der Waals surface area (Å²) in [6, 6.07) is 11.5. The minimum Gasteiger partial charge on any atom is -0.473 e. The van der Waals surface area contributed by atoms with Crippen LogP contribution in [0, 0.1) is 13.8 Å². The lowest BCUT2D eigenvalue weighted by Crippen LogP contribution is -2.32. The van der Waals surface area contributed by atoms with Crippen molar-refractivity contribution in [3.63, 3.8) is 0 Å². The highest BCUT2D eigenvalue weighted by Gasteiger charge is 2.19. The van der Waals surface area contributed by atoms with Gasteiger partial charge in [0.1, 0.15) is 5.75 Å². The van der Waals surface area contributed by atoms with Gasteiger partial charge in [-0.2, -0.15) is 0 Å². The summed E-state index contributed by atoms with van der Waals surface area (Å²) in [5.74, 6) is 0.790. The number of halogens is 1. The van der Waals surface area contributed by atoms with E-state index in [4.69, 9.17) is 4.74 Å². The third-order valence-electron chi connectivity index (χ3n) is 3.84. The van der Waals surface area contributed by atoms with Crippen LogP contribution in [0.5, 0.6) is 5.75 Å². The Morgan fingerprint density at radius 1 is 1.12 bits per heavy atom. The molecule has 2 N–H and O–H groups in total. The molecule has 0 aliphatic rings. The standard InChI is InChI=1S/C20H25BrN2O2/c1-13-6-9-18(16(10-13)20(3,4)5)25-12-22-19(24)23-17-8-7-15(21)11-14(17)2/h6-11H,12H2,1-5H3,(H2,22,23,24). The number of hydrogen-bond donors (Lipinski definition) is 2. The molecule has 0 radical (unpaired) electrons. The van der Waals surface area contributed by atoms with Gasteiger partial charge in [0.05, 0.1) is 0 Å². The van der Waals surface area contributed by atoms with E-state index in [0.29, 0.717) is 0 Å². The zero-order chi connectivity index (χ0) is 18.6. The van der Waals surface area contributed by atoms with E-state index in [1.807, 2.05) is 37.3 Å². The number of anilines is 1. The second-order valence-corrected chi connectivity index (χ2v) is 8.04. The topological polar surface area (TPSA) is 50.4 Å². The molecule has 0 heterocycles. The van der Waals surface area contributed by atoms with Gasteiger partial charge in [-0.05, 0) is 54.7 Å². The molecule has 0 aromatic heterocycles. The third kappa shape index (κ3) is 5.49. The molecule has 0 unspecified atom stereocenters. The van der Waals surface area contributed by atoms with Crippen molar-refractivity contribution in [3.05, 3.63) is 57.6 Å². The Morgan fingerprint density at radius 3 is 2.48 bits per heavy atom. The van der Waals surface area contributed by atoms with Gasteiger partial charge in [-0.3, -0.25) is 0 Å². The van der Waals surface area contributed by atoms with E-state index in [0.717, 1.165) is 27.0 Å². The van der Waals surface area contributed by atoms with E-state index < -0.39 is 0 Å². The summed E-state index contributed by atoms with van der Waals surface area (Å²) in [6.45, 7) is 10.5. The van der Waals surface area contributed by atoms with Crippen molar-refractivity contribution >= 4 is 27.6 Å². The number of rotatable bonds is 4. The largest absolute Gasteiger partial charge is 0.473 e. The van der Waals surface area contributed by atoms with Gasteiger partial charge in [-0.1, -0.05) is 54.4 Å². The summed E-state index contributed by atoms with van der Waals surface area (Å²) in [5, 5.41) is 5.56. The summed E-state index contributed by atoms with van der Waals surface area (Å²) in [7, 11) is 0. The normalized spacial score (nSPS) is 11.1. The highest BCUT2D eigenvalue weighted by molar-refractivity contribution is 9.10. The van der Waals surface area contributed by atoms with E-state index in [1.165, 1.54) is 5.56 Å². The number of amides is 2. The molecule has 0 bridgehead atoms. The number of urea groups is 1. The number of benzene rings is 2. The average molecular weight is 405 g/mol. The van der Waals surface area contributed by atoms with Crippen molar-refractivity contribution in [2.75, 3.05) is 12.0 Å². The lowest BCUT2D eigenvalue weighted by molar-refractivity contribution is 0.233. The fourth-order valence-electron chi connectivity index (χ4n) is 2.47. The smallest absolute Gasteiger partial charge is 0.321 e. The van der Waals surface area contributed by atoms with E-state index in [-0.39, 0.29) is 18.2 Å². The highest BCUT2D eigenvalue weighted by Crippen LogP contribution is 2.32. The summed E-state index contributed by atoms with van der Waals surface area (Å²) < 4.78 is 6.78. The summed E-state index contributed by atoms with van der Waals surface area (Å²) >= 11 is 3.41. The molecule has 2 amide bonds. The number of aryl methyl sites for hydroxylation is 2. The fraction of sp³-hybridized carbons (Fsp3) is 0.350. The maximum absolute atomic E-state index is 12.1. The predicted octanol–water partition coefficient (Wildman–Crippen LogP) is 5.52. The van der Waals surface area contributed by atoms with E-state index >= 15 is 0 Å². The van der Waals surface area contributed by atoms with Gasteiger partial charge in [0, 0.05) is 10.2 Å². The number of carbonyl (C=O) groups excluding carboxylic acids is 1. The number of nitrogens with one attached hydrogen (secondary N) is 2. The quantitative estimate of drug-likeness (QED) is 0.658. The van der Waals surface area contributed by atoms with Crippen LogP contribution in [0.1, 0.15) is 37.5 Å². The first-order chi connectivity index (χ1) is 11.7. The Labute approximate surface area is 158 Å². The SMILES string of the molecule is Cc1ccc(OCNC(=O)Nc2ccc(Br)cc2C)c(C(C)(C)C)c1. The average Bonchev–Trinajstić information content (AvgIpc) is 2.50. The van der Waals surface area contributed by atoms with Crippen LogP contribution in [0.3, 0.4) is 0 Å². The molecule has 2 aromatic carbocycles.